The Kier molecular flexibility index (Phi) is 5.67. The summed E-state index contributed by atoms with van der Waals surface area (Å²) >= 11 is 0. The Labute approximate surface area is 170 Å². The van der Waals surface area contributed by atoms with Crippen LogP contribution in [0.5, 0.6) is 5.75 Å². The number of carbonyl (C=O) groups is 1. The number of phenols is 1. The van der Waals surface area contributed by atoms with E-state index in [0.29, 0.717) is 11.3 Å². The van der Waals surface area contributed by atoms with Crippen LogP contribution in [0.15, 0.2) is 54.7 Å². The Morgan fingerprint density at radius 2 is 1.97 bits per heavy atom. The van der Waals surface area contributed by atoms with Crippen molar-refractivity contribution in [3.05, 3.63) is 71.4 Å². The molecule has 29 heavy (non-hydrogen) atoms. The highest BCUT2D eigenvalue weighted by molar-refractivity contribution is 5.97. The summed E-state index contributed by atoms with van der Waals surface area (Å²) in [5.41, 5.74) is 10.8. The van der Waals surface area contributed by atoms with Crippen molar-refractivity contribution in [1.29, 1.82) is 0 Å². The standard InChI is InChI=1S/C24H27N3O2/c25-24(29)19-6-9-23-22(15-19)20(16-26-23)3-1-2-12-27-13-10-18(11-14-27)17-4-7-21(28)8-5-17/h4-10,15-16,26,28H,1-3,11-14H2,(H2,25,29). The average molecular weight is 389 g/mol. The second-order valence-corrected chi connectivity index (χ2v) is 7.72. The normalized spacial score (nSPS) is 14.8. The van der Waals surface area contributed by atoms with Gasteiger partial charge in [-0.15, -0.1) is 0 Å². The Morgan fingerprint density at radius 3 is 2.69 bits per heavy atom. The number of aromatic nitrogens is 1. The topological polar surface area (TPSA) is 82.4 Å². The molecule has 4 rings (SSSR count). The second-order valence-electron chi connectivity index (χ2n) is 7.72. The molecule has 0 atom stereocenters. The lowest BCUT2D eigenvalue weighted by atomic mass is 9.99. The number of nitrogens with two attached hydrogens (primary N) is 1. The van der Waals surface area contributed by atoms with Crippen LogP contribution in [0.4, 0.5) is 0 Å². The number of unbranched alkanes of at least 4 members (excludes halogenated alkanes) is 1. The Bertz CT molecular complexity index is 1030. The van der Waals surface area contributed by atoms with E-state index in [1.165, 1.54) is 16.7 Å². The zero-order valence-corrected chi connectivity index (χ0v) is 16.5. The smallest absolute Gasteiger partial charge is 0.248 e. The number of aryl methyl sites for hydroxylation is 1. The van der Waals surface area contributed by atoms with Gasteiger partial charge in [0.15, 0.2) is 0 Å². The summed E-state index contributed by atoms with van der Waals surface area (Å²) in [7, 11) is 0. The Balaban J connectivity index is 1.27. The summed E-state index contributed by atoms with van der Waals surface area (Å²) in [5, 5.41) is 10.5. The molecular weight excluding hydrogens is 362 g/mol. The van der Waals surface area contributed by atoms with Gasteiger partial charge in [-0.2, -0.15) is 0 Å². The van der Waals surface area contributed by atoms with Gasteiger partial charge in [-0.05, 0) is 79.3 Å². The maximum absolute atomic E-state index is 11.4. The van der Waals surface area contributed by atoms with Gasteiger partial charge >= 0.3 is 0 Å². The van der Waals surface area contributed by atoms with E-state index in [4.69, 9.17) is 5.73 Å². The molecule has 1 amide bonds. The number of nitrogens with one attached hydrogen (secondary N) is 1. The zero-order valence-electron chi connectivity index (χ0n) is 16.5. The molecule has 5 nitrogen and oxygen atoms in total. The molecule has 0 bridgehead atoms. The van der Waals surface area contributed by atoms with Gasteiger partial charge in [0.2, 0.25) is 5.91 Å². The molecular formula is C24H27N3O2. The molecule has 2 heterocycles. The maximum atomic E-state index is 11.4. The highest BCUT2D eigenvalue weighted by Gasteiger charge is 2.13. The van der Waals surface area contributed by atoms with Gasteiger partial charge in [-0.25, -0.2) is 0 Å². The number of fused-ring (bicyclic) bond motifs is 1. The molecule has 0 saturated carbocycles. The number of phenolic OH excluding ortho intramolecular Hbond substituents is 1. The number of rotatable bonds is 7. The molecule has 3 aromatic rings. The van der Waals surface area contributed by atoms with Crippen molar-refractivity contribution in [2.24, 2.45) is 5.73 Å². The van der Waals surface area contributed by atoms with Crippen molar-refractivity contribution in [2.45, 2.75) is 25.7 Å². The summed E-state index contributed by atoms with van der Waals surface area (Å²) in [5.74, 6) is -0.0725. The van der Waals surface area contributed by atoms with E-state index in [0.717, 1.165) is 56.2 Å². The number of aromatic hydroxyl groups is 1. The van der Waals surface area contributed by atoms with Crippen LogP contribution in [0.3, 0.4) is 0 Å². The monoisotopic (exact) mass is 389 g/mol. The lowest BCUT2D eigenvalue weighted by molar-refractivity contribution is 0.100. The van der Waals surface area contributed by atoms with Crippen molar-refractivity contribution in [1.82, 2.24) is 9.88 Å². The first kappa shape index (κ1) is 19.3. The fraction of sp³-hybridized carbons (Fsp3) is 0.292. The minimum Gasteiger partial charge on any atom is -0.508 e. The third-order valence-corrected chi connectivity index (χ3v) is 5.75. The first-order valence-electron chi connectivity index (χ1n) is 10.2. The van der Waals surface area contributed by atoms with Crippen LogP contribution in [-0.4, -0.2) is 40.5 Å². The number of amides is 1. The fourth-order valence-corrected chi connectivity index (χ4v) is 4.04. The number of hydrogen-bond donors (Lipinski definition) is 3. The summed E-state index contributed by atoms with van der Waals surface area (Å²) in [6, 6.07) is 13.1. The van der Waals surface area contributed by atoms with Crippen LogP contribution in [0.25, 0.3) is 16.5 Å². The lowest BCUT2D eigenvalue weighted by Crippen LogP contribution is -2.29. The van der Waals surface area contributed by atoms with Gasteiger partial charge in [0.1, 0.15) is 5.75 Å². The zero-order chi connectivity index (χ0) is 20.2. The highest BCUT2D eigenvalue weighted by Crippen LogP contribution is 2.25. The van der Waals surface area contributed by atoms with E-state index in [2.05, 4.69) is 16.0 Å². The Morgan fingerprint density at radius 1 is 1.14 bits per heavy atom. The second kappa shape index (κ2) is 8.53. The van der Waals surface area contributed by atoms with Gasteiger partial charge in [0, 0.05) is 35.8 Å². The van der Waals surface area contributed by atoms with Crippen molar-refractivity contribution >= 4 is 22.4 Å². The van der Waals surface area contributed by atoms with Crippen molar-refractivity contribution in [3.63, 3.8) is 0 Å². The first-order chi connectivity index (χ1) is 14.1. The van der Waals surface area contributed by atoms with Gasteiger partial charge in [0.25, 0.3) is 0 Å². The van der Waals surface area contributed by atoms with E-state index in [1.807, 2.05) is 30.5 Å². The molecule has 2 aromatic carbocycles. The van der Waals surface area contributed by atoms with E-state index >= 15 is 0 Å². The quantitative estimate of drug-likeness (QED) is 0.533. The number of hydrogen-bond acceptors (Lipinski definition) is 3. The van der Waals surface area contributed by atoms with E-state index in [1.54, 1.807) is 18.2 Å². The van der Waals surface area contributed by atoms with Crippen molar-refractivity contribution < 1.29 is 9.90 Å². The number of aromatic amines is 1. The summed E-state index contributed by atoms with van der Waals surface area (Å²) in [4.78, 5) is 17.2. The fourth-order valence-electron chi connectivity index (χ4n) is 4.04. The maximum Gasteiger partial charge on any atom is 0.248 e. The molecule has 150 valence electrons. The van der Waals surface area contributed by atoms with Gasteiger partial charge in [-0.1, -0.05) is 18.2 Å². The molecule has 0 spiro atoms. The molecule has 1 aromatic heterocycles. The highest BCUT2D eigenvalue weighted by atomic mass is 16.3. The van der Waals surface area contributed by atoms with Crippen LogP contribution in [0.2, 0.25) is 0 Å². The molecule has 0 fully saturated rings. The molecule has 0 radical (unpaired) electrons. The predicted molar refractivity (Wildman–Crippen MR) is 117 cm³/mol. The number of nitrogens with zero attached hydrogens (tertiary/aromatic N) is 1. The minimum absolute atomic E-state index is 0.313. The van der Waals surface area contributed by atoms with Crippen molar-refractivity contribution in [3.8, 4) is 5.75 Å². The molecule has 1 aliphatic heterocycles. The third kappa shape index (κ3) is 4.51. The molecule has 1 aliphatic rings. The van der Waals surface area contributed by atoms with Gasteiger partial charge in [-0.3, -0.25) is 9.69 Å². The van der Waals surface area contributed by atoms with E-state index < -0.39 is 0 Å². The Hall–Kier alpha value is -3.05. The average Bonchev–Trinajstić information content (AvgIpc) is 3.14. The van der Waals surface area contributed by atoms with E-state index in [9.17, 15) is 9.90 Å². The van der Waals surface area contributed by atoms with Gasteiger partial charge < -0.3 is 15.8 Å². The summed E-state index contributed by atoms with van der Waals surface area (Å²) < 4.78 is 0. The summed E-state index contributed by atoms with van der Waals surface area (Å²) in [6.07, 6.45) is 8.64. The van der Waals surface area contributed by atoms with Crippen LogP contribution < -0.4 is 5.73 Å². The SMILES string of the molecule is NC(=O)c1ccc2[nH]cc(CCCCN3CC=C(c4ccc(O)cc4)CC3)c2c1. The van der Waals surface area contributed by atoms with Crippen LogP contribution in [0, 0.1) is 0 Å². The number of primary amides is 1. The molecule has 0 saturated heterocycles. The largest absolute Gasteiger partial charge is 0.508 e. The van der Waals surface area contributed by atoms with Crippen molar-refractivity contribution in [2.75, 3.05) is 19.6 Å². The number of carbonyl (C=O) groups excluding carboxylic acids is 1. The lowest BCUT2D eigenvalue weighted by Gasteiger charge is -2.26. The predicted octanol–water partition coefficient (Wildman–Crippen LogP) is 4.08. The molecule has 5 heteroatoms. The first-order valence-corrected chi connectivity index (χ1v) is 10.2. The number of benzene rings is 2. The number of H-pyrrole nitrogens is 1. The molecule has 4 N–H and O–H groups in total. The van der Waals surface area contributed by atoms with Crippen LogP contribution >= 0.6 is 0 Å². The minimum atomic E-state index is -0.385. The molecule has 0 aliphatic carbocycles. The van der Waals surface area contributed by atoms with Crippen LogP contribution in [0.1, 0.15) is 40.7 Å². The molecule has 0 unspecified atom stereocenters. The summed E-state index contributed by atoms with van der Waals surface area (Å²) in [6.45, 7) is 3.14. The third-order valence-electron chi connectivity index (χ3n) is 5.75. The van der Waals surface area contributed by atoms with Gasteiger partial charge in [0.05, 0.1) is 0 Å². The van der Waals surface area contributed by atoms with E-state index in [-0.39, 0.29) is 5.91 Å². The van der Waals surface area contributed by atoms with Crippen LogP contribution in [-0.2, 0) is 6.42 Å².